The Morgan fingerprint density at radius 2 is 2.32 bits per heavy atom. The maximum Gasteiger partial charge on any atom is 0.272 e. The highest BCUT2D eigenvalue weighted by molar-refractivity contribution is 5.92. The van der Waals surface area contributed by atoms with E-state index in [-0.39, 0.29) is 11.9 Å². The first-order chi connectivity index (χ1) is 10.7. The Morgan fingerprint density at radius 1 is 1.50 bits per heavy atom. The van der Waals surface area contributed by atoms with E-state index in [1.807, 2.05) is 25.1 Å². The molecule has 2 aromatic rings. The van der Waals surface area contributed by atoms with Crippen molar-refractivity contribution in [2.24, 2.45) is 5.92 Å². The van der Waals surface area contributed by atoms with Crippen LogP contribution in [0.3, 0.4) is 0 Å². The smallest absolute Gasteiger partial charge is 0.272 e. The molecule has 116 valence electrons. The molecular formula is C17H22N4O. The number of carbonyl (C=O) groups is 1. The van der Waals surface area contributed by atoms with E-state index >= 15 is 0 Å². The second kappa shape index (κ2) is 6.30. The van der Waals surface area contributed by atoms with Gasteiger partial charge in [0.1, 0.15) is 5.69 Å². The molecule has 22 heavy (non-hydrogen) atoms. The van der Waals surface area contributed by atoms with Gasteiger partial charge in [-0.2, -0.15) is 5.10 Å². The van der Waals surface area contributed by atoms with Gasteiger partial charge in [0.15, 0.2) is 0 Å². The molecule has 0 spiro atoms. The van der Waals surface area contributed by atoms with Crippen molar-refractivity contribution in [3.05, 3.63) is 47.0 Å². The quantitative estimate of drug-likeness (QED) is 0.861. The third kappa shape index (κ3) is 3.18. The van der Waals surface area contributed by atoms with Crippen molar-refractivity contribution in [2.75, 3.05) is 0 Å². The molecule has 2 N–H and O–H groups in total. The Bertz CT molecular complexity index is 660. The highest BCUT2D eigenvalue weighted by Crippen LogP contribution is 2.41. The number of hydrogen-bond donors (Lipinski definition) is 2. The Kier molecular flexibility index (Phi) is 4.22. The minimum absolute atomic E-state index is 0.0139. The second-order valence-electron chi connectivity index (χ2n) is 6.02. The predicted octanol–water partition coefficient (Wildman–Crippen LogP) is 2.95. The van der Waals surface area contributed by atoms with Crippen molar-refractivity contribution in [1.29, 1.82) is 0 Å². The van der Waals surface area contributed by atoms with Crippen molar-refractivity contribution in [3.63, 3.8) is 0 Å². The molecule has 1 saturated carbocycles. The van der Waals surface area contributed by atoms with Crippen molar-refractivity contribution < 1.29 is 4.79 Å². The van der Waals surface area contributed by atoms with Crippen LogP contribution in [0, 0.1) is 12.8 Å². The molecule has 5 nitrogen and oxygen atoms in total. The molecule has 1 atom stereocenters. The lowest BCUT2D eigenvalue weighted by molar-refractivity contribution is 0.0925. The summed E-state index contributed by atoms with van der Waals surface area (Å²) in [4.78, 5) is 16.9. The molecule has 1 aliphatic carbocycles. The molecule has 2 aromatic heterocycles. The number of aromatic nitrogens is 3. The predicted molar refractivity (Wildman–Crippen MR) is 84.5 cm³/mol. The van der Waals surface area contributed by atoms with Crippen LogP contribution in [-0.4, -0.2) is 21.1 Å². The lowest BCUT2D eigenvalue weighted by Crippen LogP contribution is -2.31. The molecular weight excluding hydrogens is 276 g/mol. The monoisotopic (exact) mass is 298 g/mol. The Balaban J connectivity index is 1.76. The summed E-state index contributed by atoms with van der Waals surface area (Å²) in [6.45, 7) is 4.14. The summed E-state index contributed by atoms with van der Waals surface area (Å²) in [5.74, 6) is 0.368. The molecule has 1 unspecified atom stereocenters. The molecule has 2 heterocycles. The van der Waals surface area contributed by atoms with Gasteiger partial charge in [-0.25, -0.2) is 0 Å². The molecule has 5 heteroatoms. The minimum atomic E-state index is -0.124. The molecule has 1 fully saturated rings. The highest BCUT2D eigenvalue weighted by atomic mass is 16.2. The van der Waals surface area contributed by atoms with Crippen molar-refractivity contribution in [1.82, 2.24) is 20.5 Å². The number of carbonyl (C=O) groups excluding carboxylic acids is 1. The summed E-state index contributed by atoms with van der Waals surface area (Å²) in [6.07, 6.45) is 6.01. The third-order valence-electron chi connectivity index (χ3n) is 4.11. The van der Waals surface area contributed by atoms with Crippen LogP contribution in [0.25, 0.3) is 0 Å². The largest absolute Gasteiger partial charge is 0.342 e. The second-order valence-corrected chi connectivity index (χ2v) is 6.02. The maximum atomic E-state index is 12.5. The Hall–Kier alpha value is -2.17. The summed E-state index contributed by atoms with van der Waals surface area (Å²) < 4.78 is 0. The number of hydrogen-bond acceptors (Lipinski definition) is 3. The summed E-state index contributed by atoms with van der Waals surface area (Å²) in [7, 11) is 0. The van der Waals surface area contributed by atoms with Crippen LogP contribution in [0.15, 0.2) is 24.4 Å². The van der Waals surface area contributed by atoms with E-state index in [0.29, 0.717) is 11.6 Å². The van der Waals surface area contributed by atoms with Gasteiger partial charge in [-0.15, -0.1) is 0 Å². The number of aromatic amines is 1. The van der Waals surface area contributed by atoms with Gasteiger partial charge < -0.3 is 5.32 Å². The Labute approximate surface area is 130 Å². The van der Waals surface area contributed by atoms with Gasteiger partial charge in [-0.05, 0) is 49.8 Å². The summed E-state index contributed by atoms with van der Waals surface area (Å²) in [5, 5.41) is 10.2. The fraction of sp³-hybridized carbons (Fsp3) is 0.471. The van der Waals surface area contributed by atoms with E-state index < -0.39 is 0 Å². The highest BCUT2D eigenvalue weighted by Gasteiger charge is 2.35. The van der Waals surface area contributed by atoms with E-state index in [1.165, 1.54) is 0 Å². The van der Waals surface area contributed by atoms with Gasteiger partial charge >= 0.3 is 0 Å². The SMILES string of the molecule is CCCc1cc(C(=O)NC(c2ncccc2C)C2CC2)n[nH]1. The number of H-pyrrole nitrogens is 1. The standard InChI is InChI=1S/C17H22N4O/c1-3-5-13-10-14(21-20-13)17(22)19-16(12-7-8-12)15-11(2)6-4-9-18-15/h4,6,9-10,12,16H,3,5,7-8H2,1-2H3,(H,19,22)(H,20,21). The number of amides is 1. The van der Waals surface area contributed by atoms with E-state index in [9.17, 15) is 4.79 Å². The summed E-state index contributed by atoms with van der Waals surface area (Å²) in [6, 6.07) is 5.79. The Morgan fingerprint density at radius 3 is 3.00 bits per heavy atom. The van der Waals surface area contributed by atoms with Crippen LogP contribution in [0.2, 0.25) is 0 Å². The van der Waals surface area contributed by atoms with Crippen molar-refractivity contribution in [2.45, 2.75) is 45.6 Å². The van der Waals surface area contributed by atoms with Crippen LogP contribution < -0.4 is 5.32 Å². The maximum absolute atomic E-state index is 12.5. The number of nitrogens with one attached hydrogen (secondary N) is 2. The van der Waals surface area contributed by atoms with Crippen LogP contribution >= 0.6 is 0 Å². The van der Waals surface area contributed by atoms with Gasteiger partial charge in [0.25, 0.3) is 5.91 Å². The van der Waals surface area contributed by atoms with E-state index in [4.69, 9.17) is 0 Å². The summed E-state index contributed by atoms with van der Waals surface area (Å²) >= 11 is 0. The molecule has 0 saturated heterocycles. The van der Waals surface area contributed by atoms with Gasteiger partial charge in [-0.1, -0.05) is 19.4 Å². The number of aryl methyl sites for hydroxylation is 2. The lowest BCUT2D eigenvalue weighted by atomic mass is 10.0. The fourth-order valence-electron chi connectivity index (χ4n) is 2.75. The third-order valence-corrected chi connectivity index (χ3v) is 4.11. The first kappa shape index (κ1) is 14.8. The first-order valence-corrected chi connectivity index (χ1v) is 7.95. The summed E-state index contributed by atoms with van der Waals surface area (Å²) in [5.41, 5.74) is 3.56. The molecule has 1 amide bonds. The molecule has 0 radical (unpaired) electrons. The zero-order valence-corrected chi connectivity index (χ0v) is 13.1. The zero-order valence-electron chi connectivity index (χ0n) is 13.1. The molecule has 1 aliphatic rings. The van der Waals surface area contributed by atoms with Crippen LogP contribution in [-0.2, 0) is 6.42 Å². The lowest BCUT2D eigenvalue weighted by Gasteiger charge is -2.18. The number of pyridine rings is 1. The van der Waals surface area contributed by atoms with Crippen LogP contribution in [0.5, 0.6) is 0 Å². The van der Waals surface area contributed by atoms with E-state index in [1.54, 1.807) is 6.20 Å². The first-order valence-electron chi connectivity index (χ1n) is 7.95. The topological polar surface area (TPSA) is 70.7 Å². The van der Waals surface area contributed by atoms with Crippen molar-refractivity contribution in [3.8, 4) is 0 Å². The van der Waals surface area contributed by atoms with Gasteiger partial charge in [-0.3, -0.25) is 14.9 Å². The number of nitrogens with zero attached hydrogens (tertiary/aromatic N) is 2. The average molecular weight is 298 g/mol. The van der Waals surface area contributed by atoms with E-state index in [0.717, 1.165) is 42.6 Å². The van der Waals surface area contributed by atoms with Crippen LogP contribution in [0.4, 0.5) is 0 Å². The molecule has 0 aliphatic heterocycles. The molecule has 3 rings (SSSR count). The van der Waals surface area contributed by atoms with Crippen LogP contribution in [0.1, 0.15) is 59.7 Å². The molecule has 0 aromatic carbocycles. The van der Waals surface area contributed by atoms with Gasteiger partial charge in [0.05, 0.1) is 11.7 Å². The average Bonchev–Trinajstić information content (AvgIpc) is 3.25. The van der Waals surface area contributed by atoms with Crippen molar-refractivity contribution >= 4 is 5.91 Å². The van der Waals surface area contributed by atoms with Gasteiger partial charge in [0.2, 0.25) is 0 Å². The van der Waals surface area contributed by atoms with Gasteiger partial charge in [0, 0.05) is 11.9 Å². The molecule has 0 bridgehead atoms. The van der Waals surface area contributed by atoms with E-state index in [2.05, 4.69) is 27.4 Å². The number of rotatable bonds is 6. The minimum Gasteiger partial charge on any atom is -0.342 e. The normalized spacial score (nSPS) is 15.5. The fourth-order valence-corrected chi connectivity index (χ4v) is 2.75. The zero-order chi connectivity index (χ0) is 15.5.